The number of nitrogen functional groups attached to an aromatic ring is 1. The van der Waals surface area contributed by atoms with E-state index in [0.717, 1.165) is 5.56 Å². The van der Waals surface area contributed by atoms with Gasteiger partial charge in [-0.15, -0.1) is 11.3 Å². The number of Topliss-reactive ketones (excluding diaryl/α,β-unsaturated/α-hetero) is 1. The Morgan fingerprint density at radius 2 is 1.94 bits per heavy atom. The van der Waals surface area contributed by atoms with Gasteiger partial charge in [-0.2, -0.15) is 0 Å². The Morgan fingerprint density at radius 1 is 1.19 bits per heavy atom. The van der Waals surface area contributed by atoms with Crippen molar-refractivity contribution >= 4 is 50.9 Å². The molecule has 158 valence electrons. The maximum absolute atomic E-state index is 13.2. The summed E-state index contributed by atoms with van der Waals surface area (Å²) in [5, 5.41) is 15.6. The van der Waals surface area contributed by atoms with Crippen LogP contribution in [0.4, 0.5) is 16.4 Å². The normalized spacial score (nSPS) is 15.4. The number of halogens is 1. The van der Waals surface area contributed by atoms with Crippen molar-refractivity contribution < 1.29 is 15.1 Å². The minimum atomic E-state index is -0.485. The van der Waals surface area contributed by atoms with Crippen molar-refractivity contribution in [2.75, 3.05) is 11.1 Å². The highest BCUT2D eigenvalue weighted by Crippen LogP contribution is 2.51. The molecule has 3 aromatic rings. The number of nitrogens with two attached hydrogens (primary N) is 2. The lowest BCUT2D eigenvalue weighted by Gasteiger charge is -2.29. The van der Waals surface area contributed by atoms with E-state index in [4.69, 9.17) is 17.3 Å². The number of anilines is 2. The van der Waals surface area contributed by atoms with Gasteiger partial charge in [-0.1, -0.05) is 41.9 Å². The second-order valence-electron chi connectivity index (χ2n) is 7.33. The number of hydrogen-bond acceptors (Lipinski definition) is 6. The van der Waals surface area contributed by atoms with Gasteiger partial charge < -0.3 is 21.7 Å². The molecule has 1 unspecified atom stereocenters. The highest BCUT2D eigenvalue weighted by molar-refractivity contribution is 7.19. The molecule has 4 rings (SSSR count). The lowest BCUT2D eigenvalue weighted by atomic mass is 9.80. The van der Waals surface area contributed by atoms with Crippen LogP contribution in [-0.2, 0) is 4.79 Å². The first kappa shape index (κ1) is 21.3. The Balaban J connectivity index is 1.90. The predicted molar refractivity (Wildman–Crippen MR) is 124 cm³/mol. The summed E-state index contributed by atoms with van der Waals surface area (Å²) in [4.78, 5) is 26.2. The maximum Gasteiger partial charge on any atom is 0.205 e. The summed E-state index contributed by atoms with van der Waals surface area (Å²) in [6.07, 6.45) is 0. The Bertz CT molecular complexity index is 1250. The van der Waals surface area contributed by atoms with Crippen LogP contribution in [0.25, 0.3) is 0 Å². The lowest BCUT2D eigenvalue weighted by Crippen LogP contribution is -2.70. The number of fused-ring (bicyclic) bond motifs is 1. The quantitative estimate of drug-likeness (QED) is 0.302. The van der Waals surface area contributed by atoms with Gasteiger partial charge in [-0.25, -0.2) is 0 Å². The van der Waals surface area contributed by atoms with Crippen LogP contribution in [0.5, 0.6) is 0 Å². The van der Waals surface area contributed by atoms with Crippen LogP contribution in [0, 0.1) is 5.21 Å². The Kier molecular flexibility index (Phi) is 5.68. The van der Waals surface area contributed by atoms with Gasteiger partial charge in [0.05, 0.1) is 10.7 Å². The van der Waals surface area contributed by atoms with Crippen LogP contribution < -0.4 is 16.5 Å². The third-order valence-corrected chi connectivity index (χ3v) is 6.83. The smallest absolute Gasteiger partial charge is 0.205 e. The summed E-state index contributed by atoms with van der Waals surface area (Å²) >= 11 is 7.74. The molecule has 0 fully saturated rings. The zero-order valence-electron chi connectivity index (χ0n) is 16.9. The summed E-state index contributed by atoms with van der Waals surface area (Å²) in [5.74, 6) is -0.860. The molecule has 0 radical (unpaired) electrons. The Labute approximate surface area is 188 Å². The molecule has 0 spiro atoms. The second-order valence-corrected chi connectivity index (χ2v) is 8.76. The zero-order chi connectivity index (χ0) is 22.3. The van der Waals surface area contributed by atoms with E-state index in [-0.39, 0.29) is 11.6 Å². The van der Waals surface area contributed by atoms with Crippen LogP contribution in [0.1, 0.15) is 46.1 Å². The SMILES string of the molecule is CC(=O)C1=C(C)Nc2sc(C(=O)c3cccc([NH2+][O-])c3)c(N)c2C1c1ccccc1Cl. The molecule has 31 heavy (non-hydrogen) atoms. The van der Waals surface area contributed by atoms with Crippen molar-refractivity contribution in [1.82, 2.24) is 0 Å². The maximum atomic E-state index is 13.2. The molecule has 0 amide bonds. The highest BCUT2D eigenvalue weighted by Gasteiger charge is 2.37. The third kappa shape index (κ3) is 3.66. The van der Waals surface area contributed by atoms with Crippen molar-refractivity contribution in [2.45, 2.75) is 19.8 Å². The fourth-order valence-corrected chi connectivity index (χ4v) is 5.40. The lowest BCUT2D eigenvalue weighted by molar-refractivity contribution is -0.497. The number of thiophene rings is 1. The van der Waals surface area contributed by atoms with Gasteiger partial charge in [0.15, 0.2) is 5.78 Å². The second kappa shape index (κ2) is 8.28. The summed E-state index contributed by atoms with van der Waals surface area (Å²) in [7, 11) is 0. The van der Waals surface area contributed by atoms with Gasteiger partial charge in [0.25, 0.3) is 0 Å². The van der Waals surface area contributed by atoms with E-state index in [9.17, 15) is 14.8 Å². The van der Waals surface area contributed by atoms with Gasteiger partial charge in [-0.3, -0.25) is 9.59 Å². The van der Waals surface area contributed by atoms with Crippen molar-refractivity contribution in [1.29, 1.82) is 0 Å². The van der Waals surface area contributed by atoms with Gasteiger partial charge in [-0.05, 0) is 31.5 Å². The molecule has 0 aliphatic carbocycles. The molecule has 0 saturated heterocycles. The van der Waals surface area contributed by atoms with Crippen LogP contribution >= 0.6 is 22.9 Å². The van der Waals surface area contributed by atoms with Crippen LogP contribution in [0.3, 0.4) is 0 Å². The van der Waals surface area contributed by atoms with E-state index in [1.54, 1.807) is 24.3 Å². The number of quaternary nitrogens is 1. The van der Waals surface area contributed by atoms with Crippen molar-refractivity contribution in [3.63, 3.8) is 0 Å². The number of rotatable bonds is 5. The Morgan fingerprint density at radius 3 is 2.61 bits per heavy atom. The average Bonchev–Trinajstić information content (AvgIpc) is 3.08. The molecule has 1 aliphatic rings. The van der Waals surface area contributed by atoms with Gasteiger partial charge in [0.2, 0.25) is 5.78 Å². The number of carbonyl (C=O) groups excluding carboxylic acids is 2. The molecule has 1 atom stereocenters. The number of ketones is 2. The largest absolute Gasteiger partial charge is 0.630 e. The molecular formula is C23H20ClN3O3S. The number of nitrogens with one attached hydrogen (secondary N) is 1. The number of benzene rings is 2. The highest BCUT2D eigenvalue weighted by atomic mass is 35.5. The number of carbonyl (C=O) groups is 2. The molecular weight excluding hydrogens is 434 g/mol. The first-order valence-electron chi connectivity index (χ1n) is 9.58. The topological polar surface area (TPSA) is 112 Å². The van der Waals surface area contributed by atoms with E-state index < -0.39 is 5.92 Å². The fourth-order valence-electron chi connectivity index (χ4n) is 3.98. The number of allylic oxidation sites excluding steroid dienone is 2. The average molecular weight is 454 g/mol. The first-order chi connectivity index (χ1) is 14.8. The van der Waals surface area contributed by atoms with Gasteiger partial charge in [0, 0.05) is 39.4 Å². The summed E-state index contributed by atoms with van der Waals surface area (Å²) in [6, 6.07) is 13.8. The molecule has 1 aromatic heterocycles. The fraction of sp³-hybridized carbons (Fsp3) is 0.130. The van der Waals surface area contributed by atoms with Gasteiger partial charge >= 0.3 is 0 Å². The van der Waals surface area contributed by atoms with Crippen LogP contribution in [0.15, 0.2) is 59.8 Å². The monoisotopic (exact) mass is 453 g/mol. The minimum Gasteiger partial charge on any atom is -0.630 e. The molecule has 2 aromatic carbocycles. The van der Waals surface area contributed by atoms with Gasteiger partial charge in [0.1, 0.15) is 10.6 Å². The standard InChI is InChI=1S/C23H20ClN3O3S/c1-11-17(12(2)28)18(15-8-3-4-9-16(15)24)19-20(25)22(31-23(19)26-11)21(29)13-6-5-7-14(10-13)27-30/h3-10,18,26H,25,27H2,1-2H3. The molecule has 6 nitrogen and oxygen atoms in total. The van der Waals surface area contributed by atoms with Crippen molar-refractivity contribution in [3.05, 3.63) is 91.6 Å². The van der Waals surface area contributed by atoms with Crippen molar-refractivity contribution in [3.8, 4) is 0 Å². The summed E-state index contributed by atoms with van der Waals surface area (Å²) < 4.78 is 0. The summed E-state index contributed by atoms with van der Waals surface area (Å²) in [5.41, 5.74) is 11.0. The number of hydrogen-bond donors (Lipinski definition) is 3. The molecule has 0 bridgehead atoms. The van der Waals surface area contributed by atoms with E-state index in [1.165, 1.54) is 24.3 Å². The Hall–Kier alpha value is -2.97. The summed E-state index contributed by atoms with van der Waals surface area (Å²) in [6.45, 7) is 3.34. The van der Waals surface area contributed by atoms with E-state index in [0.29, 0.717) is 54.2 Å². The minimum absolute atomic E-state index is 0.0993. The third-order valence-electron chi connectivity index (χ3n) is 5.35. The van der Waals surface area contributed by atoms with E-state index in [1.807, 2.05) is 25.1 Å². The molecule has 2 heterocycles. The molecule has 5 N–H and O–H groups in total. The van der Waals surface area contributed by atoms with Crippen molar-refractivity contribution in [2.24, 2.45) is 0 Å². The van der Waals surface area contributed by atoms with E-state index in [2.05, 4.69) is 5.32 Å². The molecule has 0 saturated carbocycles. The van der Waals surface area contributed by atoms with E-state index >= 15 is 0 Å². The predicted octanol–water partition coefficient (Wildman–Crippen LogP) is 4.33. The zero-order valence-corrected chi connectivity index (χ0v) is 18.4. The van der Waals surface area contributed by atoms with Crippen LogP contribution in [-0.4, -0.2) is 11.6 Å². The molecule has 1 aliphatic heterocycles. The van der Waals surface area contributed by atoms with Crippen LogP contribution in [0.2, 0.25) is 5.02 Å². The first-order valence-corrected chi connectivity index (χ1v) is 10.8. The molecule has 8 heteroatoms.